The summed E-state index contributed by atoms with van der Waals surface area (Å²) in [5.74, 6) is 0. The van der Waals surface area contributed by atoms with Gasteiger partial charge in [0, 0.05) is 0 Å². The van der Waals surface area contributed by atoms with E-state index in [0.717, 1.165) is 0 Å². The standard InChI is InChI=1S/3Al.13N.3Ti.3W/q3*+3;13*-3;3*+4;3*+6. The molecule has 0 N–H and O–H groups in total. The van der Waals surface area contributed by atoms with E-state index < -0.39 is 0 Å². The first kappa shape index (κ1) is 675. The van der Waals surface area contributed by atoms with Gasteiger partial charge in [-0.15, -0.1) is 0 Å². The summed E-state index contributed by atoms with van der Waals surface area (Å²) in [6, 6.07) is 0. The van der Waals surface area contributed by atoms with Crippen molar-refractivity contribution in [3.8, 4) is 0 Å². The van der Waals surface area contributed by atoms with E-state index in [-0.39, 0.29) is 260 Å². The zero-order valence-electron chi connectivity index (χ0n) is 10.3. The molecule has 0 atom stereocenters. The van der Waals surface area contributed by atoms with Crippen molar-refractivity contribution in [1.29, 1.82) is 0 Å². The second kappa shape index (κ2) is 602. The van der Waals surface area contributed by atoms with Gasteiger partial charge in [-0.05, 0) is 0 Å². The Morgan fingerprint density at radius 3 is 0.182 bits per heavy atom. The Morgan fingerprint density at radius 1 is 0.182 bits per heavy atom. The minimum absolute atomic E-state index is 0. The molecular formula is Al3N13Ti3W3. The predicted molar refractivity (Wildman–Crippen MR) is 60.9 cm³/mol. The molecule has 13 nitrogen and oxygen atoms in total. The Morgan fingerprint density at radius 2 is 0.182 bits per heavy atom. The second-order valence-electron chi connectivity index (χ2n) is 0. The molecule has 22 heteroatoms. The fraction of sp³-hybridized carbons (Fsp3) is 0. The molecule has 22 heavy (non-hydrogen) atoms. The Balaban J connectivity index is 0. The van der Waals surface area contributed by atoms with E-state index >= 15 is 0 Å². The molecule has 0 aliphatic rings. The molecule has 0 fully saturated rings. The Bertz CT molecular complexity index is 35.7. The van der Waals surface area contributed by atoms with Crippen LogP contribution >= 0.6 is 0 Å². The summed E-state index contributed by atoms with van der Waals surface area (Å²) >= 11 is 0. The van der Waals surface area contributed by atoms with Gasteiger partial charge in [-0.2, -0.15) is 0 Å². The minimum Gasteiger partial charge on any atom is -3.00 e. The van der Waals surface area contributed by atoms with Crippen LogP contribution in [0.4, 0.5) is 0 Å². The van der Waals surface area contributed by atoms with Crippen molar-refractivity contribution in [2.24, 2.45) is 0 Å². The van der Waals surface area contributed by atoms with Crippen molar-refractivity contribution < 1.29 is 128 Å². The van der Waals surface area contributed by atoms with Crippen LogP contribution in [0.25, 0.3) is 80.0 Å². The summed E-state index contributed by atoms with van der Waals surface area (Å²) in [6.45, 7) is 0. The largest absolute Gasteiger partial charge is 6.00 e. The molecule has 0 aromatic heterocycles. The first-order valence-electron chi connectivity index (χ1n) is 0. The average Bonchev–Trinajstić information content (AvgIpc) is 0. The molecule has 0 rings (SSSR count). The van der Waals surface area contributed by atoms with Gasteiger partial charge in [-0.1, -0.05) is 0 Å². The van der Waals surface area contributed by atoms with Gasteiger partial charge in [-0.25, -0.2) is 0 Å². The Kier molecular flexibility index (Phi) is 18500. The van der Waals surface area contributed by atoms with Crippen LogP contribution in [-0.2, 0) is 128 Å². The van der Waals surface area contributed by atoms with Crippen LogP contribution in [0.1, 0.15) is 0 Å². The van der Waals surface area contributed by atoms with Gasteiger partial charge < -0.3 is 80.0 Å². The third-order valence-electron chi connectivity index (χ3n) is 0. The fourth-order valence-corrected chi connectivity index (χ4v) is 0. The van der Waals surface area contributed by atoms with Crippen molar-refractivity contribution in [2.45, 2.75) is 0 Å². The van der Waals surface area contributed by atoms with E-state index in [1.165, 1.54) is 0 Å². The van der Waals surface area contributed by atoms with Gasteiger partial charge in [0.05, 0.1) is 0 Å². The number of hydrogen-bond donors (Lipinski definition) is 0. The molecule has 0 saturated heterocycles. The summed E-state index contributed by atoms with van der Waals surface area (Å²) in [7, 11) is 0. The maximum absolute atomic E-state index is 0. The van der Waals surface area contributed by atoms with Gasteiger partial charge in [-0.3, -0.25) is 0 Å². The molecule has 0 heterocycles. The van der Waals surface area contributed by atoms with Crippen LogP contribution in [0.15, 0.2) is 0 Å². The fourth-order valence-electron chi connectivity index (χ4n) is 0. The summed E-state index contributed by atoms with van der Waals surface area (Å²) in [5, 5.41) is 0. The molecule has 0 radical (unpaired) electrons. The third kappa shape index (κ3) is 534. The maximum Gasteiger partial charge on any atom is 6.00 e. The first-order chi connectivity index (χ1) is 0. The molecular weight excluding hydrogens is 958 g/mol. The van der Waals surface area contributed by atoms with E-state index in [1.807, 2.05) is 0 Å². The average molecular weight is 958 g/mol. The van der Waals surface area contributed by atoms with Crippen molar-refractivity contribution in [2.75, 3.05) is 0 Å². The van der Waals surface area contributed by atoms with Gasteiger partial charge in [0.15, 0.2) is 0 Å². The number of rotatable bonds is 0. The minimum atomic E-state index is 0. The van der Waals surface area contributed by atoms with Crippen molar-refractivity contribution in [1.82, 2.24) is 0 Å². The molecule has 0 amide bonds. The quantitative estimate of drug-likeness (QED) is 0.316. The third-order valence-corrected chi connectivity index (χ3v) is 0. The molecule has 0 aliphatic heterocycles. The predicted octanol–water partition coefficient (Wildman–Crippen LogP) is 2.60. The molecule has 0 bridgehead atoms. The van der Waals surface area contributed by atoms with Crippen molar-refractivity contribution >= 4 is 52.1 Å². The zero-order chi connectivity index (χ0) is 0. The molecule has 0 spiro atoms. The summed E-state index contributed by atoms with van der Waals surface area (Å²) < 4.78 is 0. The summed E-state index contributed by atoms with van der Waals surface area (Å²) in [6.07, 6.45) is 0. The monoisotopic (exact) mass is 959 g/mol. The molecule has 0 unspecified atom stereocenters. The number of hydrogen-bond acceptors (Lipinski definition) is 0. The zero-order valence-corrected chi connectivity index (χ0v) is 27.2. The van der Waals surface area contributed by atoms with Gasteiger partial charge >= 0.3 is 180 Å². The first-order valence-corrected chi connectivity index (χ1v) is 0. The summed E-state index contributed by atoms with van der Waals surface area (Å²) in [4.78, 5) is 0. The van der Waals surface area contributed by atoms with Gasteiger partial charge in [0.2, 0.25) is 0 Å². The number of nitrogens with zero attached hydrogens (tertiary/aromatic N) is 13. The molecule has 0 aromatic carbocycles. The smallest absolute Gasteiger partial charge is 3.00 e. The maximum atomic E-state index is 0. The van der Waals surface area contributed by atoms with Crippen molar-refractivity contribution in [3.63, 3.8) is 0 Å². The van der Waals surface area contributed by atoms with E-state index in [9.17, 15) is 0 Å². The van der Waals surface area contributed by atoms with Gasteiger partial charge in [0.1, 0.15) is 0 Å². The van der Waals surface area contributed by atoms with Crippen LogP contribution in [0, 0.1) is 0 Å². The van der Waals surface area contributed by atoms with E-state index in [4.69, 9.17) is 0 Å². The van der Waals surface area contributed by atoms with Crippen LogP contribution in [-0.4, -0.2) is 52.1 Å². The molecule has 0 saturated carbocycles. The molecule has 104 valence electrons. The van der Waals surface area contributed by atoms with Crippen LogP contribution in [0.3, 0.4) is 0 Å². The second-order valence-corrected chi connectivity index (χ2v) is 0. The van der Waals surface area contributed by atoms with Crippen molar-refractivity contribution in [3.05, 3.63) is 80.0 Å². The summed E-state index contributed by atoms with van der Waals surface area (Å²) in [5.41, 5.74) is 0. The SMILES string of the molecule is [Al+3].[Al+3].[Al+3].[N-3].[N-3].[N-3].[N-3].[N-3].[N-3].[N-3].[N-3].[N-3].[N-3].[N-3].[N-3].[N-3].[Ti+4].[Ti+4].[Ti+4].[W+6].[W+6].[W+6]. The Hall–Kier alpha value is 5.29. The molecule has 0 aromatic rings. The van der Waals surface area contributed by atoms with E-state index in [0.29, 0.717) is 0 Å². The van der Waals surface area contributed by atoms with E-state index in [2.05, 4.69) is 0 Å². The van der Waals surface area contributed by atoms with Crippen LogP contribution in [0.2, 0.25) is 0 Å². The van der Waals surface area contributed by atoms with Crippen LogP contribution < -0.4 is 0 Å². The van der Waals surface area contributed by atoms with Gasteiger partial charge in [0.25, 0.3) is 0 Å². The van der Waals surface area contributed by atoms with Crippen LogP contribution in [0.5, 0.6) is 0 Å². The Labute approximate surface area is 256 Å². The normalized spacial score (nSPS) is 0. The molecule has 0 aliphatic carbocycles. The van der Waals surface area contributed by atoms with E-state index in [1.54, 1.807) is 0 Å². The topological polar surface area (TPSA) is 396 Å².